The lowest BCUT2D eigenvalue weighted by Crippen LogP contribution is -2.71. The van der Waals surface area contributed by atoms with E-state index in [0.29, 0.717) is 12.6 Å². The van der Waals surface area contributed by atoms with Gasteiger partial charge < -0.3 is 5.32 Å². The van der Waals surface area contributed by atoms with Gasteiger partial charge in [-0.25, -0.2) is 0 Å². The highest BCUT2D eigenvalue weighted by molar-refractivity contribution is 6.03. The Bertz CT molecular complexity index is 269. The summed E-state index contributed by atoms with van der Waals surface area (Å²) in [7, 11) is 0. The summed E-state index contributed by atoms with van der Waals surface area (Å²) in [5.41, 5.74) is -0.555. The number of piperidine rings is 1. The third-order valence-electron chi connectivity index (χ3n) is 3.03. The minimum Gasteiger partial charge on any atom is -0.312 e. The fourth-order valence-electron chi connectivity index (χ4n) is 1.97. The standard InChI is InChI=1S/C9H15N3O2/c1-6-2-3-9(5-10-6)8(14)12-7(13)4-11-9/h6,10-11H,2-5H2,1H3,(H,12,13,14). The Morgan fingerprint density at radius 3 is 2.79 bits per heavy atom. The van der Waals surface area contributed by atoms with Crippen LogP contribution in [0.1, 0.15) is 19.8 Å². The van der Waals surface area contributed by atoms with Crippen molar-refractivity contribution in [3.05, 3.63) is 0 Å². The molecule has 2 saturated heterocycles. The highest BCUT2D eigenvalue weighted by Crippen LogP contribution is 2.20. The van der Waals surface area contributed by atoms with E-state index in [1.54, 1.807) is 0 Å². The molecule has 5 heteroatoms. The number of carbonyl (C=O) groups is 2. The van der Waals surface area contributed by atoms with Gasteiger partial charge in [-0.05, 0) is 19.8 Å². The summed E-state index contributed by atoms with van der Waals surface area (Å²) in [5, 5.41) is 8.66. The molecule has 2 atom stereocenters. The minimum absolute atomic E-state index is 0.187. The fraction of sp³-hybridized carbons (Fsp3) is 0.778. The lowest BCUT2D eigenvalue weighted by Gasteiger charge is -2.41. The summed E-state index contributed by atoms with van der Waals surface area (Å²) >= 11 is 0. The first-order valence-electron chi connectivity index (χ1n) is 4.95. The molecule has 1 spiro atoms. The lowest BCUT2D eigenvalue weighted by molar-refractivity contribution is -0.139. The molecule has 2 heterocycles. The van der Waals surface area contributed by atoms with Crippen molar-refractivity contribution in [3.8, 4) is 0 Å². The maximum atomic E-state index is 11.7. The van der Waals surface area contributed by atoms with Gasteiger partial charge in [0.2, 0.25) is 11.8 Å². The number of nitrogens with one attached hydrogen (secondary N) is 3. The van der Waals surface area contributed by atoms with Gasteiger partial charge in [0, 0.05) is 12.6 Å². The SMILES string of the molecule is CC1CCC2(CN1)NCC(=O)NC2=O. The molecule has 2 aliphatic rings. The van der Waals surface area contributed by atoms with Gasteiger partial charge in [-0.3, -0.25) is 20.2 Å². The molecule has 0 aromatic heterocycles. The number of carbonyl (C=O) groups excluding carboxylic acids is 2. The van der Waals surface area contributed by atoms with Gasteiger partial charge in [0.1, 0.15) is 5.54 Å². The van der Waals surface area contributed by atoms with Gasteiger partial charge in [0.05, 0.1) is 6.54 Å². The maximum Gasteiger partial charge on any atom is 0.248 e. The molecule has 14 heavy (non-hydrogen) atoms. The van der Waals surface area contributed by atoms with Crippen LogP contribution in [0.2, 0.25) is 0 Å². The van der Waals surface area contributed by atoms with Crippen LogP contribution in [0.3, 0.4) is 0 Å². The van der Waals surface area contributed by atoms with Crippen molar-refractivity contribution in [2.75, 3.05) is 13.1 Å². The number of amides is 2. The molecule has 2 fully saturated rings. The number of hydrogen-bond donors (Lipinski definition) is 3. The zero-order chi connectivity index (χ0) is 10.2. The topological polar surface area (TPSA) is 70.2 Å². The fourth-order valence-corrected chi connectivity index (χ4v) is 1.97. The van der Waals surface area contributed by atoms with Crippen molar-refractivity contribution in [1.29, 1.82) is 0 Å². The van der Waals surface area contributed by atoms with E-state index in [2.05, 4.69) is 22.9 Å². The first kappa shape index (κ1) is 9.61. The molecule has 0 bridgehead atoms. The first-order chi connectivity index (χ1) is 6.62. The van der Waals surface area contributed by atoms with Crippen molar-refractivity contribution >= 4 is 11.8 Å². The Balaban J connectivity index is 2.08. The highest BCUT2D eigenvalue weighted by atomic mass is 16.2. The second kappa shape index (κ2) is 3.33. The van der Waals surface area contributed by atoms with Crippen LogP contribution in [0, 0.1) is 0 Å². The summed E-state index contributed by atoms with van der Waals surface area (Å²) in [4.78, 5) is 22.6. The summed E-state index contributed by atoms with van der Waals surface area (Å²) in [6.07, 6.45) is 1.74. The molecule has 0 aliphatic carbocycles. The summed E-state index contributed by atoms with van der Waals surface area (Å²) in [6.45, 7) is 2.94. The van der Waals surface area contributed by atoms with Gasteiger partial charge in [-0.15, -0.1) is 0 Å². The van der Waals surface area contributed by atoms with Crippen molar-refractivity contribution in [3.63, 3.8) is 0 Å². The predicted octanol–water partition coefficient (Wildman–Crippen LogP) is -1.26. The van der Waals surface area contributed by atoms with Crippen LogP contribution in [0.25, 0.3) is 0 Å². The smallest absolute Gasteiger partial charge is 0.248 e. The number of imide groups is 1. The molecule has 2 amide bonds. The molecule has 78 valence electrons. The normalized spacial score (nSPS) is 38.5. The van der Waals surface area contributed by atoms with Crippen molar-refractivity contribution in [1.82, 2.24) is 16.0 Å². The van der Waals surface area contributed by atoms with E-state index in [1.807, 2.05) is 0 Å². The average molecular weight is 197 g/mol. The number of piperazine rings is 1. The van der Waals surface area contributed by atoms with Crippen LogP contribution in [-0.4, -0.2) is 36.5 Å². The van der Waals surface area contributed by atoms with Crippen LogP contribution in [0.15, 0.2) is 0 Å². The molecule has 5 nitrogen and oxygen atoms in total. The van der Waals surface area contributed by atoms with E-state index in [9.17, 15) is 9.59 Å². The third-order valence-corrected chi connectivity index (χ3v) is 3.03. The van der Waals surface area contributed by atoms with E-state index >= 15 is 0 Å². The minimum atomic E-state index is -0.555. The first-order valence-corrected chi connectivity index (χ1v) is 4.95. The van der Waals surface area contributed by atoms with E-state index < -0.39 is 5.54 Å². The van der Waals surface area contributed by atoms with Crippen LogP contribution < -0.4 is 16.0 Å². The molecular weight excluding hydrogens is 182 g/mol. The molecule has 0 radical (unpaired) electrons. The van der Waals surface area contributed by atoms with Crippen molar-refractivity contribution < 1.29 is 9.59 Å². The summed E-state index contributed by atoms with van der Waals surface area (Å²) < 4.78 is 0. The van der Waals surface area contributed by atoms with Crippen LogP contribution >= 0.6 is 0 Å². The average Bonchev–Trinajstić information content (AvgIpc) is 2.16. The molecule has 2 unspecified atom stereocenters. The molecule has 2 rings (SSSR count). The zero-order valence-corrected chi connectivity index (χ0v) is 8.22. The van der Waals surface area contributed by atoms with E-state index in [-0.39, 0.29) is 18.4 Å². The predicted molar refractivity (Wildman–Crippen MR) is 50.6 cm³/mol. The van der Waals surface area contributed by atoms with E-state index in [0.717, 1.165) is 12.8 Å². The Kier molecular flexibility index (Phi) is 2.28. The van der Waals surface area contributed by atoms with Crippen LogP contribution in [0.4, 0.5) is 0 Å². The van der Waals surface area contributed by atoms with Crippen LogP contribution in [-0.2, 0) is 9.59 Å². The quantitative estimate of drug-likeness (QED) is 0.424. The Morgan fingerprint density at radius 1 is 1.43 bits per heavy atom. The molecule has 0 saturated carbocycles. The Morgan fingerprint density at radius 2 is 2.21 bits per heavy atom. The zero-order valence-electron chi connectivity index (χ0n) is 8.22. The van der Waals surface area contributed by atoms with Crippen molar-refractivity contribution in [2.24, 2.45) is 0 Å². The largest absolute Gasteiger partial charge is 0.312 e. The maximum absolute atomic E-state index is 11.7. The molecule has 3 N–H and O–H groups in total. The molecule has 2 aliphatic heterocycles. The van der Waals surface area contributed by atoms with Gasteiger partial charge in [0.25, 0.3) is 0 Å². The Labute approximate surface area is 82.6 Å². The monoisotopic (exact) mass is 197 g/mol. The second-order valence-corrected chi connectivity index (χ2v) is 4.13. The lowest BCUT2D eigenvalue weighted by atomic mass is 9.85. The highest BCUT2D eigenvalue weighted by Gasteiger charge is 2.44. The van der Waals surface area contributed by atoms with Gasteiger partial charge in [-0.2, -0.15) is 0 Å². The van der Waals surface area contributed by atoms with Gasteiger partial charge in [-0.1, -0.05) is 0 Å². The van der Waals surface area contributed by atoms with Gasteiger partial charge in [0.15, 0.2) is 0 Å². The molecular formula is C9H15N3O2. The van der Waals surface area contributed by atoms with E-state index in [4.69, 9.17) is 0 Å². The molecule has 0 aromatic rings. The molecule has 0 aromatic carbocycles. The Hall–Kier alpha value is -0.940. The summed E-state index contributed by atoms with van der Waals surface area (Å²) in [5.74, 6) is -0.424. The van der Waals surface area contributed by atoms with Crippen molar-refractivity contribution in [2.45, 2.75) is 31.3 Å². The second-order valence-electron chi connectivity index (χ2n) is 4.13. The van der Waals surface area contributed by atoms with E-state index in [1.165, 1.54) is 0 Å². The summed E-state index contributed by atoms with van der Waals surface area (Å²) in [6, 6.07) is 0.452. The third kappa shape index (κ3) is 1.53. The number of hydrogen-bond acceptors (Lipinski definition) is 4. The van der Waals surface area contributed by atoms with Gasteiger partial charge >= 0.3 is 0 Å². The number of rotatable bonds is 0. The van der Waals surface area contributed by atoms with Crippen LogP contribution in [0.5, 0.6) is 0 Å².